The Morgan fingerprint density at radius 2 is 2.00 bits per heavy atom. The molecule has 5 rings (SSSR count). The van der Waals surface area contributed by atoms with Gasteiger partial charge in [-0.3, -0.25) is 4.79 Å². The van der Waals surface area contributed by atoms with Crippen LogP contribution in [0.5, 0.6) is 0 Å². The molecule has 34 heavy (non-hydrogen) atoms. The van der Waals surface area contributed by atoms with E-state index in [1.807, 2.05) is 19.1 Å². The first-order valence-corrected chi connectivity index (χ1v) is 12.2. The van der Waals surface area contributed by atoms with Crippen molar-refractivity contribution < 1.29 is 14.3 Å². The third-order valence-electron chi connectivity index (χ3n) is 6.24. The van der Waals surface area contributed by atoms with Crippen molar-refractivity contribution in [3.8, 4) is 11.1 Å². The van der Waals surface area contributed by atoms with Crippen LogP contribution in [0, 0.1) is 13.8 Å². The molecule has 0 spiro atoms. The van der Waals surface area contributed by atoms with Crippen molar-refractivity contribution in [1.29, 1.82) is 0 Å². The third kappa shape index (κ3) is 3.98. The van der Waals surface area contributed by atoms with Crippen molar-refractivity contribution in [3.05, 3.63) is 63.8 Å². The number of carbonyl (C=O) groups excluding carboxylic acids is 2. The summed E-state index contributed by atoms with van der Waals surface area (Å²) in [6.45, 7) is 3.99. The summed E-state index contributed by atoms with van der Waals surface area (Å²) in [5.41, 5.74) is 6.29. The fourth-order valence-corrected chi connectivity index (χ4v) is 6.01. The summed E-state index contributed by atoms with van der Waals surface area (Å²) < 4.78 is 6.64. The van der Waals surface area contributed by atoms with E-state index in [9.17, 15) is 9.59 Å². The molecular formula is C26H26N4O3S. The van der Waals surface area contributed by atoms with Gasteiger partial charge in [-0.2, -0.15) is 5.10 Å². The van der Waals surface area contributed by atoms with Crippen LogP contribution >= 0.6 is 11.3 Å². The molecule has 0 saturated heterocycles. The van der Waals surface area contributed by atoms with E-state index in [1.165, 1.54) is 24.0 Å². The lowest BCUT2D eigenvalue weighted by Gasteiger charge is -2.11. The third-order valence-corrected chi connectivity index (χ3v) is 7.45. The van der Waals surface area contributed by atoms with Gasteiger partial charge in [0.25, 0.3) is 0 Å². The number of ether oxygens (including phenoxy) is 1. The molecule has 1 aromatic carbocycles. The number of aryl methyl sites for hydroxylation is 3. The van der Waals surface area contributed by atoms with Crippen LogP contribution in [0.4, 0.5) is 5.00 Å². The van der Waals surface area contributed by atoms with E-state index in [2.05, 4.69) is 40.5 Å². The first kappa shape index (κ1) is 22.3. The maximum Gasteiger partial charge on any atom is 0.341 e. The number of fused-ring (bicyclic) bond motifs is 2. The van der Waals surface area contributed by atoms with Crippen molar-refractivity contribution in [3.63, 3.8) is 0 Å². The molecule has 1 aliphatic carbocycles. The zero-order valence-electron chi connectivity index (χ0n) is 19.5. The number of esters is 1. The van der Waals surface area contributed by atoms with Gasteiger partial charge in [0.1, 0.15) is 11.5 Å². The Morgan fingerprint density at radius 3 is 2.79 bits per heavy atom. The largest absolute Gasteiger partial charge is 0.465 e. The lowest BCUT2D eigenvalue weighted by atomic mass is 9.95. The highest BCUT2D eigenvalue weighted by atomic mass is 32.1. The molecule has 1 N–H and O–H groups in total. The van der Waals surface area contributed by atoms with Gasteiger partial charge in [-0.15, -0.1) is 11.3 Å². The summed E-state index contributed by atoms with van der Waals surface area (Å²) in [7, 11) is 1.37. The van der Waals surface area contributed by atoms with Gasteiger partial charge in [0.15, 0.2) is 5.65 Å². The lowest BCUT2D eigenvalue weighted by molar-refractivity contribution is -0.116. The highest BCUT2D eigenvalue weighted by Gasteiger charge is 2.27. The van der Waals surface area contributed by atoms with Gasteiger partial charge in [-0.1, -0.05) is 29.8 Å². The summed E-state index contributed by atoms with van der Waals surface area (Å²) in [5.74, 6) is -0.657. The van der Waals surface area contributed by atoms with E-state index >= 15 is 0 Å². The molecule has 7 nitrogen and oxygen atoms in total. The van der Waals surface area contributed by atoms with Gasteiger partial charge in [-0.05, 0) is 62.3 Å². The maximum absolute atomic E-state index is 13.1. The molecule has 0 fully saturated rings. The van der Waals surface area contributed by atoms with Crippen molar-refractivity contribution in [2.75, 3.05) is 12.4 Å². The Labute approximate surface area is 201 Å². The highest BCUT2D eigenvalue weighted by molar-refractivity contribution is 7.17. The van der Waals surface area contributed by atoms with E-state index in [-0.39, 0.29) is 12.5 Å². The molecule has 174 valence electrons. The minimum Gasteiger partial charge on any atom is -0.465 e. The van der Waals surface area contributed by atoms with E-state index in [0.717, 1.165) is 58.3 Å². The SMILES string of the molecule is COC(=O)c1c(NC(=O)Cn2nc(C)c3c(-c4cccc(C)c4)ccnc32)sc2c1CCCC2. The first-order chi connectivity index (χ1) is 16.5. The van der Waals surface area contributed by atoms with Gasteiger partial charge < -0.3 is 10.1 Å². The summed E-state index contributed by atoms with van der Waals surface area (Å²) in [6, 6.07) is 10.3. The average Bonchev–Trinajstić information content (AvgIpc) is 3.35. The fourth-order valence-electron chi connectivity index (χ4n) is 4.72. The Morgan fingerprint density at radius 1 is 1.18 bits per heavy atom. The predicted octanol–water partition coefficient (Wildman–Crippen LogP) is 5.08. The zero-order valence-corrected chi connectivity index (χ0v) is 20.3. The van der Waals surface area contributed by atoms with Crippen LogP contribution in [0.1, 0.15) is 44.9 Å². The van der Waals surface area contributed by atoms with Crippen LogP contribution in [0.25, 0.3) is 22.2 Å². The number of methoxy groups -OCH3 is 1. The minimum atomic E-state index is -0.403. The molecule has 3 heterocycles. The van der Waals surface area contributed by atoms with Gasteiger partial charge in [-0.25, -0.2) is 14.5 Å². The van der Waals surface area contributed by atoms with Gasteiger partial charge in [0.05, 0.1) is 18.4 Å². The van der Waals surface area contributed by atoms with E-state index < -0.39 is 5.97 Å². The topological polar surface area (TPSA) is 86.1 Å². The number of carbonyl (C=O) groups is 2. The molecule has 0 bridgehead atoms. The van der Waals surface area contributed by atoms with Gasteiger partial charge in [0.2, 0.25) is 5.91 Å². The molecule has 1 amide bonds. The normalized spacial score (nSPS) is 13.0. The van der Waals surface area contributed by atoms with Crippen LogP contribution in [-0.2, 0) is 28.9 Å². The Hall–Kier alpha value is -3.52. The standard InChI is InChI=1S/C26H26N4O3S/c1-15-7-6-8-17(13-15)18-11-12-27-24-22(18)16(2)29-30(24)14-21(31)28-25-23(26(32)33-3)19-9-4-5-10-20(19)34-25/h6-8,11-13H,4-5,9-10,14H2,1-3H3,(H,28,31). The summed E-state index contributed by atoms with van der Waals surface area (Å²) >= 11 is 1.48. The molecule has 0 unspecified atom stereocenters. The molecule has 0 atom stereocenters. The summed E-state index contributed by atoms with van der Waals surface area (Å²) in [4.78, 5) is 31.2. The van der Waals surface area contributed by atoms with E-state index in [4.69, 9.17) is 4.74 Å². The van der Waals surface area contributed by atoms with Gasteiger partial charge in [0, 0.05) is 16.5 Å². The molecule has 0 aliphatic heterocycles. The number of anilines is 1. The first-order valence-electron chi connectivity index (χ1n) is 11.4. The van der Waals surface area contributed by atoms with Crippen LogP contribution < -0.4 is 5.32 Å². The Kier molecular flexibility index (Phi) is 5.91. The molecule has 3 aromatic heterocycles. The second-order valence-corrected chi connectivity index (χ2v) is 9.73. The number of thiophene rings is 1. The van der Waals surface area contributed by atoms with Crippen LogP contribution in [0.15, 0.2) is 36.5 Å². The molecule has 0 radical (unpaired) electrons. The summed E-state index contributed by atoms with van der Waals surface area (Å²) in [5, 5.41) is 9.07. The Bertz CT molecular complexity index is 1420. The number of pyridine rings is 1. The number of nitrogens with zero attached hydrogens (tertiary/aromatic N) is 3. The monoisotopic (exact) mass is 474 g/mol. The summed E-state index contributed by atoms with van der Waals surface area (Å²) in [6.07, 6.45) is 5.64. The molecular weight excluding hydrogens is 448 g/mol. The van der Waals surface area contributed by atoms with Crippen LogP contribution in [0.3, 0.4) is 0 Å². The molecule has 4 aromatic rings. The number of rotatable bonds is 5. The number of aromatic nitrogens is 3. The second-order valence-electron chi connectivity index (χ2n) is 8.62. The van der Waals surface area contributed by atoms with Crippen molar-refractivity contribution in [1.82, 2.24) is 14.8 Å². The average molecular weight is 475 g/mol. The van der Waals surface area contributed by atoms with E-state index in [1.54, 1.807) is 10.9 Å². The number of nitrogens with one attached hydrogen (secondary N) is 1. The van der Waals surface area contributed by atoms with Crippen molar-refractivity contribution in [2.24, 2.45) is 0 Å². The number of amides is 1. The molecule has 1 aliphatic rings. The van der Waals surface area contributed by atoms with Crippen LogP contribution in [0.2, 0.25) is 0 Å². The number of hydrogen-bond acceptors (Lipinski definition) is 6. The van der Waals surface area contributed by atoms with Crippen molar-refractivity contribution >= 4 is 39.2 Å². The second kappa shape index (κ2) is 9.02. The zero-order chi connectivity index (χ0) is 23.8. The molecule has 0 saturated carbocycles. The maximum atomic E-state index is 13.1. The fraction of sp³-hybridized carbons (Fsp3) is 0.308. The Balaban J connectivity index is 1.46. The quantitative estimate of drug-likeness (QED) is 0.408. The number of hydrogen-bond donors (Lipinski definition) is 1. The highest BCUT2D eigenvalue weighted by Crippen LogP contribution is 2.38. The lowest BCUT2D eigenvalue weighted by Crippen LogP contribution is -2.21. The van der Waals surface area contributed by atoms with Gasteiger partial charge >= 0.3 is 5.97 Å². The minimum absolute atomic E-state index is 0.00219. The predicted molar refractivity (Wildman–Crippen MR) is 133 cm³/mol. The smallest absolute Gasteiger partial charge is 0.341 e. The van der Waals surface area contributed by atoms with Crippen molar-refractivity contribution in [2.45, 2.75) is 46.1 Å². The van der Waals surface area contributed by atoms with E-state index in [0.29, 0.717) is 16.2 Å². The molecule has 8 heteroatoms. The van der Waals surface area contributed by atoms with Crippen LogP contribution in [-0.4, -0.2) is 33.8 Å². The number of benzene rings is 1.